The number of ether oxygens (including phenoxy) is 1. The van der Waals surface area contributed by atoms with E-state index in [4.69, 9.17) is 14.4 Å². The Morgan fingerprint density at radius 1 is 1.39 bits per heavy atom. The molecule has 0 saturated carbocycles. The zero-order valence-electron chi connectivity index (χ0n) is 9.92. The lowest BCUT2D eigenvalue weighted by atomic mass is 10.1. The number of hydrogen-bond donors (Lipinski definition) is 1. The Hall–Kier alpha value is -2.30. The molecule has 1 aromatic carbocycles. The van der Waals surface area contributed by atoms with Gasteiger partial charge in [-0.3, -0.25) is 0 Å². The Bertz CT molecular complexity index is 530. The number of aromatic nitrogens is 1. The molecule has 0 aliphatic rings. The largest absolute Gasteiger partial charge is 0.494 e. The van der Waals surface area contributed by atoms with E-state index in [9.17, 15) is 4.79 Å². The van der Waals surface area contributed by atoms with Crippen molar-refractivity contribution in [1.29, 1.82) is 0 Å². The van der Waals surface area contributed by atoms with E-state index in [-0.39, 0.29) is 5.69 Å². The number of carboxylic acid groups (broad SMARTS) is 1. The molecule has 1 N–H and O–H groups in total. The van der Waals surface area contributed by atoms with Crippen molar-refractivity contribution in [2.45, 2.75) is 13.3 Å². The zero-order valence-corrected chi connectivity index (χ0v) is 9.92. The van der Waals surface area contributed by atoms with Gasteiger partial charge in [-0.05, 0) is 30.7 Å². The van der Waals surface area contributed by atoms with Crippen molar-refractivity contribution < 1.29 is 19.2 Å². The summed E-state index contributed by atoms with van der Waals surface area (Å²) in [6, 6.07) is 8.63. The molecule has 0 radical (unpaired) electrons. The molecule has 0 fully saturated rings. The average Bonchev–Trinajstić information content (AvgIpc) is 2.87. The highest BCUT2D eigenvalue weighted by Crippen LogP contribution is 2.23. The monoisotopic (exact) mass is 247 g/mol. The van der Waals surface area contributed by atoms with Gasteiger partial charge in [0.05, 0.1) is 6.61 Å². The summed E-state index contributed by atoms with van der Waals surface area (Å²) in [7, 11) is 0. The number of nitrogens with zero attached hydrogens (tertiary/aromatic N) is 1. The number of aromatic carboxylic acids is 1. The van der Waals surface area contributed by atoms with Gasteiger partial charge >= 0.3 is 5.97 Å². The van der Waals surface area contributed by atoms with E-state index in [1.54, 1.807) is 12.1 Å². The first kappa shape index (κ1) is 12.2. The van der Waals surface area contributed by atoms with Crippen molar-refractivity contribution in [3.05, 3.63) is 36.0 Å². The minimum absolute atomic E-state index is 0.101. The van der Waals surface area contributed by atoms with Gasteiger partial charge in [-0.1, -0.05) is 12.1 Å². The summed E-state index contributed by atoms with van der Waals surface area (Å²) in [4.78, 5) is 10.7. The Morgan fingerprint density at radius 2 is 2.11 bits per heavy atom. The van der Waals surface area contributed by atoms with E-state index in [1.807, 2.05) is 19.1 Å². The maximum absolute atomic E-state index is 10.7. The summed E-state index contributed by atoms with van der Waals surface area (Å²) in [5, 5.41) is 12.2. The van der Waals surface area contributed by atoms with Crippen molar-refractivity contribution in [2.24, 2.45) is 0 Å². The lowest BCUT2D eigenvalue weighted by Crippen LogP contribution is -1.94. The fourth-order valence-corrected chi connectivity index (χ4v) is 1.45. The molecule has 1 heterocycles. The summed E-state index contributed by atoms with van der Waals surface area (Å²) in [5.74, 6) is 0.0981. The van der Waals surface area contributed by atoms with E-state index < -0.39 is 5.97 Å². The predicted octanol–water partition coefficient (Wildman–Crippen LogP) is 2.83. The van der Waals surface area contributed by atoms with Gasteiger partial charge in [0.2, 0.25) is 0 Å². The molecule has 2 aromatic rings. The molecule has 0 aliphatic carbocycles. The molecule has 0 amide bonds. The molecular weight excluding hydrogens is 234 g/mol. The number of benzene rings is 1. The lowest BCUT2D eigenvalue weighted by molar-refractivity contribution is 0.0686. The fraction of sp³-hybridized carbons (Fsp3) is 0.231. The Balaban J connectivity index is 2.15. The van der Waals surface area contributed by atoms with Crippen LogP contribution >= 0.6 is 0 Å². The molecule has 0 bridgehead atoms. The molecule has 0 aliphatic heterocycles. The molecule has 0 unspecified atom stereocenters. The zero-order chi connectivity index (χ0) is 13.0. The third kappa shape index (κ3) is 2.68. The third-order valence-corrected chi connectivity index (χ3v) is 2.34. The smallest absolute Gasteiger partial charge is 0.358 e. The van der Waals surface area contributed by atoms with Gasteiger partial charge < -0.3 is 14.4 Å². The molecule has 5 nitrogen and oxygen atoms in total. The summed E-state index contributed by atoms with van der Waals surface area (Å²) in [5.41, 5.74) is 0.662. The van der Waals surface area contributed by atoms with Crippen LogP contribution in [0.2, 0.25) is 0 Å². The highest BCUT2D eigenvalue weighted by atomic mass is 16.5. The second kappa shape index (κ2) is 5.35. The molecular formula is C13H13NO4. The van der Waals surface area contributed by atoms with Crippen molar-refractivity contribution in [3.8, 4) is 17.1 Å². The van der Waals surface area contributed by atoms with Crippen molar-refractivity contribution in [1.82, 2.24) is 5.16 Å². The number of rotatable bonds is 5. The topological polar surface area (TPSA) is 72.6 Å². The minimum Gasteiger partial charge on any atom is -0.494 e. The van der Waals surface area contributed by atoms with Crippen LogP contribution in [0.5, 0.6) is 5.75 Å². The van der Waals surface area contributed by atoms with Gasteiger partial charge in [-0.2, -0.15) is 0 Å². The van der Waals surface area contributed by atoms with Crippen LogP contribution in [0.4, 0.5) is 0 Å². The maximum Gasteiger partial charge on any atom is 0.358 e. The van der Waals surface area contributed by atoms with E-state index in [2.05, 4.69) is 5.16 Å². The minimum atomic E-state index is -1.10. The van der Waals surface area contributed by atoms with Gasteiger partial charge in [0.25, 0.3) is 0 Å². The van der Waals surface area contributed by atoms with Gasteiger partial charge in [-0.25, -0.2) is 4.79 Å². The average molecular weight is 247 g/mol. The van der Waals surface area contributed by atoms with Crippen LogP contribution in [0.25, 0.3) is 11.3 Å². The lowest BCUT2D eigenvalue weighted by Gasteiger charge is -2.04. The van der Waals surface area contributed by atoms with Crippen LogP contribution in [-0.4, -0.2) is 22.8 Å². The van der Waals surface area contributed by atoms with Crippen LogP contribution < -0.4 is 4.74 Å². The van der Waals surface area contributed by atoms with Crippen LogP contribution in [-0.2, 0) is 0 Å². The predicted molar refractivity (Wildman–Crippen MR) is 64.7 cm³/mol. The molecule has 2 rings (SSSR count). The van der Waals surface area contributed by atoms with Crippen LogP contribution in [0.15, 0.2) is 34.9 Å². The Labute approximate surface area is 104 Å². The second-order valence-corrected chi connectivity index (χ2v) is 3.75. The van der Waals surface area contributed by atoms with E-state index in [0.29, 0.717) is 12.4 Å². The summed E-state index contributed by atoms with van der Waals surface area (Å²) in [6.45, 7) is 2.71. The van der Waals surface area contributed by atoms with Crippen molar-refractivity contribution in [3.63, 3.8) is 0 Å². The fourth-order valence-electron chi connectivity index (χ4n) is 1.45. The second-order valence-electron chi connectivity index (χ2n) is 3.75. The summed E-state index contributed by atoms with van der Waals surface area (Å²) >= 11 is 0. The van der Waals surface area contributed by atoms with Gasteiger partial charge in [0, 0.05) is 11.6 Å². The summed E-state index contributed by atoms with van der Waals surface area (Å²) in [6.07, 6.45) is 0.950. The molecule has 0 saturated heterocycles. The van der Waals surface area contributed by atoms with Gasteiger partial charge in [0.15, 0.2) is 11.5 Å². The van der Waals surface area contributed by atoms with Crippen LogP contribution in [0.3, 0.4) is 0 Å². The van der Waals surface area contributed by atoms with Gasteiger partial charge in [-0.15, -0.1) is 0 Å². The maximum atomic E-state index is 10.7. The highest BCUT2D eigenvalue weighted by molar-refractivity contribution is 5.86. The quantitative estimate of drug-likeness (QED) is 0.879. The summed E-state index contributed by atoms with van der Waals surface area (Å²) < 4.78 is 10.4. The van der Waals surface area contributed by atoms with E-state index >= 15 is 0 Å². The van der Waals surface area contributed by atoms with E-state index in [0.717, 1.165) is 17.7 Å². The molecule has 5 heteroatoms. The molecule has 0 spiro atoms. The Morgan fingerprint density at radius 3 is 2.67 bits per heavy atom. The van der Waals surface area contributed by atoms with Crippen molar-refractivity contribution in [2.75, 3.05) is 6.61 Å². The molecule has 0 atom stereocenters. The highest BCUT2D eigenvalue weighted by Gasteiger charge is 2.11. The molecule has 1 aromatic heterocycles. The van der Waals surface area contributed by atoms with E-state index in [1.165, 1.54) is 6.07 Å². The normalized spacial score (nSPS) is 10.3. The number of carbonyl (C=O) groups is 1. The van der Waals surface area contributed by atoms with Gasteiger partial charge in [0.1, 0.15) is 5.75 Å². The molecule has 18 heavy (non-hydrogen) atoms. The number of hydrogen-bond acceptors (Lipinski definition) is 4. The van der Waals surface area contributed by atoms with Crippen LogP contribution in [0.1, 0.15) is 23.8 Å². The standard InChI is InChI=1S/C13H13NO4/c1-2-7-17-10-5-3-9(4-6-10)12-8-11(13(15)16)14-18-12/h3-6,8H,2,7H2,1H3,(H,15,16). The first-order chi connectivity index (χ1) is 8.70. The van der Waals surface area contributed by atoms with Crippen molar-refractivity contribution >= 4 is 5.97 Å². The number of carboxylic acids is 1. The Kier molecular flexibility index (Phi) is 3.62. The first-order valence-corrected chi connectivity index (χ1v) is 5.64. The third-order valence-electron chi connectivity index (χ3n) is 2.34. The SMILES string of the molecule is CCCOc1ccc(-c2cc(C(=O)O)no2)cc1. The molecule has 94 valence electrons. The first-order valence-electron chi connectivity index (χ1n) is 5.64. The van der Waals surface area contributed by atoms with Crippen LogP contribution in [0, 0.1) is 0 Å².